The molecule has 1 unspecified atom stereocenters. The molecule has 0 saturated heterocycles. The lowest BCUT2D eigenvalue weighted by Crippen LogP contribution is -2.10. The van der Waals surface area contributed by atoms with Gasteiger partial charge < -0.3 is 14.9 Å². The predicted molar refractivity (Wildman–Crippen MR) is 67.5 cm³/mol. The first-order chi connectivity index (χ1) is 8.11. The molecule has 1 atom stereocenters. The molecule has 4 heteroatoms. The van der Waals surface area contributed by atoms with E-state index in [0.29, 0.717) is 10.8 Å². The Balaban J connectivity index is 2.31. The van der Waals surface area contributed by atoms with Gasteiger partial charge in [-0.25, -0.2) is 0 Å². The SMILES string of the molecule is COc1ccc(C(N)c2ccc(C)o2)cc1Cl. The highest BCUT2D eigenvalue weighted by Gasteiger charge is 2.14. The molecule has 0 spiro atoms. The Bertz CT molecular complexity index is 522. The van der Waals surface area contributed by atoms with Crippen molar-refractivity contribution in [1.82, 2.24) is 0 Å². The lowest BCUT2D eigenvalue weighted by Gasteiger charge is -2.11. The number of benzene rings is 1. The zero-order chi connectivity index (χ0) is 12.4. The Morgan fingerprint density at radius 2 is 2.06 bits per heavy atom. The van der Waals surface area contributed by atoms with Gasteiger partial charge in [-0.1, -0.05) is 17.7 Å². The lowest BCUT2D eigenvalue weighted by atomic mass is 10.1. The maximum atomic E-state index is 6.10. The van der Waals surface area contributed by atoms with Crippen LogP contribution in [0.2, 0.25) is 5.02 Å². The van der Waals surface area contributed by atoms with Crippen LogP contribution in [0.25, 0.3) is 0 Å². The van der Waals surface area contributed by atoms with Gasteiger partial charge in [0.1, 0.15) is 17.3 Å². The minimum Gasteiger partial charge on any atom is -0.495 e. The largest absolute Gasteiger partial charge is 0.495 e. The van der Waals surface area contributed by atoms with E-state index < -0.39 is 0 Å². The van der Waals surface area contributed by atoms with Crippen LogP contribution in [0.1, 0.15) is 23.1 Å². The van der Waals surface area contributed by atoms with Crippen molar-refractivity contribution in [3.8, 4) is 5.75 Å². The van der Waals surface area contributed by atoms with Gasteiger partial charge in [-0.3, -0.25) is 0 Å². The van der Waals surface area contributed by atoms with E-state index in [1.165, 1.54) is 0 Å². The molecule has 0 aliphatic rings. The average molecular weight is 252 g/mol. The summed E-state index contributed by atoms with van der Waals surface area (Å²) in [6, 6.07) is 8.93. The molecule has 0 aliphatic carbocycles. The molecule has 1 aromatic heterocycles. The van der Waals surface area contributed by atoms with E-state index in [2.05, 4.69) is 0 Å². The number of ether oxygens (including phenoxy) is 1. The van der Waals surface area contributed by atoms with Crippen molar-refractivity contribution in [3.63, 3.8) is 0 Å². The van der Waals surface area contributed by atoms with E-state index in [9.17, 15) is 0 Å². The Labute approximate surface area is 105 Å². The molecule has 0 amide bonds. The molecular formula is C13H14ClNO2. The number of hydrogen-bond donors (Lipinski definition) is 1. The highest BCUT2D eigenvalue weighted by atomic mass is 35.5. The summed E-state index contributed by atoms with van der Waals surface area (Å²) >= 11 is 6.06. The molecule has 3 nitrogen and oxygen atoms in total. The van der Waals surface area contributed by atoms with Crippen molar-refractivity contribution in [2.24, 2.45) is 5.73 Å². The molecule has 2 rings (SSSR count). The van der Waals surface area contributed by atoms with Crippen LogP contribution in [-0.4, -0.2) is 7.11 Å². The first-order valence-corrected chi connectivity index (χ1v) is 5.65. The minimum atomic E-state index is -0.313. The molecular weight excluding hydrogens is 238 g/mol. The molecule has 0 saturated carbocycles. The summed E-state index contributed by atoms with van der Waals surface area (Å²) < 4.78 is 10.6. The summed E-state index contributed by atoms with van der Waals surface area (Å²) in [6.45, 7) is 1.89. The third-order valence-corrected chi connectivity index (χ3v) is 2.90. The number of furan rings is 1. The van der Waals surface area contributed by atoms with Crippen molar-refractivity contribution in [1.29, 1.82) is 0 Å². The summed E-state index contributed by atoms with van der Waals surface area (Å²) in [4.78, 5) is 0. The van der Waals surface area contributed by atoms with Crippen LogP contribution in [0.4, 0.5) is 0 Å². The van der Waals surface area contributed by atoms with Gasteiger partial charge in [-0.05, 0) is 36.8 Å². The summed E-state index contributed by atoms with van der Waals surface area (Å²) in [5.41, 5.74) is 6.99. The number of aryl methyl sites for hydroxylation is 1. The molecule has 2 N–H and O–H groups in total. The van der Waals surface area contributed by atoms with Crippen LogP contribution in [0.5, 0.6) is 5.75 Å². The highest BCUT2D eigenvalue weighted by molar-refractivity contribution is 6.32. The van der Waals surface area contributed by atoms with E-state index in [0.717, 1.165) is 17.1 Å². The van der Waals surface area contributed by atoms with Crippen LogP contribution < -0.4 is 10.5 Å². The van der Waals surface area contributed by atoms with Crippen molar-refractivity contribution in [2.45, 2.75) is 13.0 Å². The fraction of sp³-hybridized carbons (Fsp3) is 0.231. The smallest absolute Gasteiger partial charge is 0.137 e. The maximum Gasteiger partial charge on any atom is 0.137 e. The number of rotatable bonds is 3. The van der Waals surface area contributed by atoms with Crippen LogP contribution >= 0.6 is 11.6 Å². The zero-order valence-electron chi connectivity index (χ0n) is 9.74. The second-order valence-electron chi connectivity index (χ2n) is 3.82. The highest BCUT2D eigenvalue weighted by Crippen LogP contribution is 2.29. The first-order valence-electron chi connectivity index (χ1n) is 5.27. The fourth-order valence-electron chi connectivity index (χ4n) is 1.66. The standard InChI is InChI=1S/C13H14ClNO2/c1-8-3-5-12(17-8)13(15)9-4-6-11(16-2)10(14)7-9/h3-7,13H,15H2,1-2H3. The number of hydrogen-bond acceptors (Lipinski definition) is 3. The van der Waals surface area contributed by atoms with E-state index >= 15 is 0 Å². The van der Waals surface area contributed by atoms with Gasteiger partial charge in [-0.15, -0.1) is 0 Å². The number of nitrogens with two attached hydrogens (primary N) is 1. The zero-order valence-corrected chi connectivity index (χ0v) is 10.5. The van der Waals surface area contributed by atoms with Crippen LogP contribution in [0, 0.1) is 6.92 Å². The predicted octanol–water partition coefficient (Wildman–Crippen LogP) is 3.30. The molecule has 0 aliphatic heterocycles. The van der Waals surface area contributed by atoms with Crippen LogP contribution in [-0.2, 0) is 0 Å². The first kappa shape index (κ1) is 12.0. The van der Waals surface area contributed by atoms with E-state index in [4.69, 9.17) is 26.5 Å². The second-order valence-corrected chi connectivity index (χ2v) is 4.23. The van der Waals surface area contributed by atoms with Gasteiger partial charge in [0.2, 0.25) is 0 Å². The molecule has 2 aromatic rings. The number of methoxy groups -OCH3 is 1. The van der Waals surface area contributed by atoms with Crippen molar-refractivity contribution < 1.29 is 9.15 Å². The Morgan fingerprint density at radius 1 is 1.29 bits per heavy atom. The van der Waals surface area contributed by atoms with E-state index in [-0.39, 0.29) is 6.04 Å². The molecule has 90 valence electrons. The van der Waals surface area contributed by atoms with Gasteiger partial charge in [0.15, 0.2) is 0 Å². The Kier molecular flexibility index (Phi) is 3.41. The molecule has 0 radical (unpaired) electrons. The second kappa shape index (κ2) is 4.82. The molecule has 0 bridgehead atoms. The fourth-order valence-corrected chi connectivity index (χ4v) is 1.93. The van der Waals surface area contributed by atoms with E-state index in [1.807, 2.05) is 25.1 Å². The third-order valence-electron chi connectivity index (χ3n) is 2.60. The van der Waals surface area contributed by atoms with Gasteiger partial charge in [0.05, 0.1) is 18.2 Å². The summed E-state index contributed by atoms with van der Waals surface area (Å²) in [7, 11) is 1.58. The number of halogens is 1. The van der Waals surface area contributed by atoms with Crippen molar-refractivity contribution in [3.05, 3.63) is 52.4 Å². The minimum absolute atomic E-state index is 0.313. The summed E-state index contributed by atoms with van der Waals surface area (Å²) in [5, 5.41) is 0.545. The normalized spacial score (nSPS) is 12.5. The Hall–Kier alpha value is -1.45. The Morgan fingerprint density at radius 3 is 2.59 bits per heavy atom. The summed E-state index contributed by atoms with van der Waals surface area (Å²) in [5.74, 6) is 2.21. The van der Waals surface area contributed by atoms with Gasteiger partial charge in [0, 0.05) is 0 Å². The summed E-state index contributed by atoms with van der Waals surface area (Å²) in [6.07, 6.45) is 0. The quantitative estimate of drug-likeness (QED) is 0.911. The van der Waals surface area contributed by atoms with Crippen LogP contribution in [0.15, 0.2) is 34.7 Å². The van der Waals surface area contributed by atoms with Gasteiger partial charge >= 0.3 is 0 Å². The van der Waals surface area contributed by atoms with Gasteiger partial charge in [0.25, 0.3) is 0 Å². The topological polar surface area (TPSA) is 48.4 Å². The lowest BCUT2D eigenvalue weighted by molar-refractivity contribution is 0.414. The maximum absolute atomic E-state index is 6.10. The van der Waals surface area contributed by atoms with Gasteiger partial charge in [-0.2, -0.15) is 0 Å². The van der Waals surface area contributed by atoms with Crippen molar-refractivity contribution in [2.75, 3.05) is 7.11 Å². The van der Waals surface area contributed by atoms with E-state index in [1.54, 1.807) is 19.2 Å². The van der Waals surface area contributed by atoms with Crippen LogP contribution in [0.3, 0.4) is 0 Å². The molecule has 1 aromatic carbocycles. The third kappa shape index (κ3) is 2.46. The monoisotopic (exact) mass is 251 g/mol. The van der Waals surface area contributed by atoms with Crippen molar-refractivity contribution >= 4 is 11.6 Å². The molecule has 17 heavy (non-hydrogen) atoms. The molecule has 0 fully saturated rings. The average Bonchev–Trinajstić information content (AvgIpc) is 2.75. The molecule has 1 heterocycles.